The summed E-state index contributed by atoms with van der Waals surface area (Å²) in [5, 5.41) is 0. The van der Waals surface area contributed by atoms with E-state index in [0.717, 1.165) is 43.7 Å². The SMILES string of the molecule is O=C(Cc1ccc(S(=O)(=O)N2CCCCC2)cc1)N1CCN(c2ccccn2)CC1. The minimum atomic E-state index is -3.43. The first kappa shape index (κ1) is 20.8. The molecule has 7 nitrogen and oxygen atoms in total. The molecule has 0 unspecified atom stereocenters. The maximum atomic E-state index is 12.8. The Morgan fingerprint density at radius 2 is 1.57 bits per heavy atom. The highest BCUT2D eigenvalue weighted by Crippen LogP contribution is 2.21. The molecule has 3 heterocycles. The van der Waals surface area contributed by atoms with Gasteiger partial charge in [-0.3, -0.25) is 4.79 Å². The van der Waals surface area contributed by atoms with Gasteiger partial charge in [-0.05, 0) is 42.7 Å². The highest BCUT2D eigenvalue weighted by molar-refractivity contribution is 7.89. The Morgan fingerprint density at radius 1 is 0.867 bits per heavy atom. The lowest BCUT2D eigenvalue weighted by molar-refractivity contribution is -0.130. The molecule has 0 N–H and O–H groups in total. The van der Waals surface area contributed by atoms with E-state index in [0.29, 0.717) is 31.1 Å². The molecule has 8 heteroatoms. The van der Waals surface area contributed by atoms with Crippen LogP contribution in [0.3, 0.4) is 0 Å². The molecule has 2 aromatic rings. The number of aromatic nitrogens is 1. The number of piperidine rings is 1. The van der Waals surface area contributed by atoms with Crippen molar-refractivity contribution in [2.45, 2.75) is 30.6 Å². The Kier molecular flexibility index (Phi) is 6.34. The molecule has 0 saturated carbocycles. The zero-order chi connectivity index (χ0) is 21.0. The highest BCUT2D eigenvalue weighted by atomic mass is 32.2. The van der Waals surface area contributed by atoms with Gasteiger partial charge in [-0.1, -0.05) is 24.6 Å². The summed E-state index contributed by atoms with van der Waals surface area (Å²) in [6.45, 7) is 4.03. The second-order valence-electron chi connectivity index (χ2n) is 7.84. The van der Waals surface area contributed by atoms with Gasteiger partial charge in [0, 0.05) is 45.5 Å². The van der Waals surface area contributed by atoms with Crippen LogP contribution in [-0.2, 0) is 21.2 Å². The molecule has 0 radical (unpaired) electrons. The van der Waals surface area contributed by atoms with E-state index in [4.69, 9.17) is 0 Å². The molecule has 1 aromatic carbocycles. The summed E-state index contributed by atoms with van der Waals surface area (Å²) in [5.74, 6) is 1.01. The van der Waals surface area contributed by atoms with E-state index in [-0.39, 0.29) is 12.3 Å². The monoisotopic (exact) mass is 428 g/mol. The zero-order valence-electron chi connectivity index (χ0n) is 17.1. The number of hydrogen-bond donors (Lipinski definition) is 0. The van der Waals surface area contributed by atoms with Crippen LogP contribution in [0.5, 0.6) is 0 Å². The first-order chi connectivity index (χ1) is 14.5. The van der Waals surface area contributed by atoms with Crippen LogP contribution in [0.4, 0.5) is 5.82 Å². The molecular formula is C22H28N4O3S. The van der Waals surface area contributed by atoms with Crippen LogP contribution in [-0.4, -0.2) is 67.8 Å². The maximum absolute atomic E-state index is 12.8. The fourth-order valence-corrected chi connectivity index (χ4v) is 5.56. The summed E-state index contributed by atoms with van der Waals surface area (Å²) in [5.41, 5.74) is 0.838. The molecular weight excluding hydrogens is 400 g/mol. The van der Waals surface area contributed by atoms with E-state index >= 15 is 0 Å². The van der Waals surface area contributed by atoms with Crippen molar-refractivity contribution in [1.82, 2.24) is 14.2 Å². The highest BCUT2D eigenvalue weighted by Gasteiger charge is 2.26. The van der Waals surface area contributed by atoms with Gasteiger partial charge in [0.05, 0.1) is 11.3 Å². The van der Waals surface area contributed by atoms with Crippen molar-refractivity contribution >= 4 is 21.7 Å². The molecule has 160 valence electrons. The van der Waals surface area contributed by atoms with Gasteiger partial charge in [0.15, 0.2) is 0 Å². The average Bonchev–Trinajstić information content (AvgIpc) is 2.81. The molecule has 1 aromatic heterocycles. The van der Waals surface area contributed by atoms with Gasteiger partial charge in [0.1, 0.15) is 5.82 Å². The predicted molar refractivity (Wildman–Crippen MR) is 116 cm³/mol. The fraction of sp³-hybridized carbons (Fsp3) is 0.455. The number of amides is 1. The van der Waals surface area contributed by atoms with E-state index in [1.807, 2.05) is 23.1 Å². The molecule has 2 fully saturated rings. The molecule has 2 aliphatic heterocycles. The maximum Gasteiger partial charge on any atom is 0.243 e. The fourth-order valence-electron chi connectivity index (χ4n) is 4.05. The zero-order valence-corrected chi connectivity index (χ0v) is 17.9. The van der Waals surface area contributed by atoms with Gasteiger partial charge in [0.2, 0.25) is 15.9 Å². The molecule has 0 atom stereocenters. The van der Waals surface area contributed by atoms with Crippen LogP contribution in [0.15, 0.2) is 53.6 Å². The van der Waals surface area contributed by atoms with E-state index in [2.05, 4.69) is 9.88 Å². The second kappa shape index (κ2) is 9.14. The number of sulfonamides is 1. The summed E-state index contributed by atoms with van der Waals surface area (Å²) in [6, 6.07) is 12.6. The third kappa shape index (κ3) is 4.65. The predicted octanol–water partition coefficient (Wildman–Crippen LogP) is 2.15. The number of rotatable bonds is 5. The number of pyridine rings is 1. The quantitative estimate of drug-likeness (QED) is 0.730. The van der Waals surface area contributed by atoms with Crippen LogP contribution in [0, 0.1) is 0 Å². The standard InChI is InChI=1S/C22H28N4O3S/c27-22(25-16-14-24(15-17-25)21-6-2-3-11-23-21)18-19-7-9-20(10-8-19)30(28,29)26-12-4-1-5-13-26/h2-3,6-11H,1,4-5,12-18H2. The molecule has 0 spiro atoms. The van der Waals surface area contributed by atoms with Crippen molar-refractivity contribution in [3.8, 4) is 0 Å². The Bertz CT molecular complexity index is 950. The lowest BCUT2D eigenvalue weighted by Gasteiger charge is -2.35. The van der Waals surface area contributed by atoms with E-state index in [9.17, 15) is 13.2 Å². The first-order valence-electron chi connectivity index (χ1n) is 10.6. The molecule has 4 rings (SSSR count). The van der Waals surface area contributed by atoms with Crippen molar-refractivity contribution < 1.29 is 13.2 Å². The van der Waals surface area contributed by atoms with Gasteiger partial charge < -0.3 is 9.80 Å². The number of carbonyl (C=O) groups is 1. The Morgan fingerprint density at radius 3 is 2.20 bits per heavy atom. The van der Waals surface area contributed by atoms with Gasteiger partial charge in [-0.15, -0.1) is 0 Å². The smallest absolute Gasteiger partial charge is 0.243 e. The van der Waals surface area contributed by atoms with Crippen molar-refractivity contribution in [2.24, 2.45) is 0 Å². The Labute approximate surface area is 178 Å². The van der Waals surface area contributed by atoms with Gasteiger partial charge in [0.25, 0.3) is 0 Å². The Balaban J connectivity index is 1.33. The van der Waals surface area contributed by atoms with Crippen LogP contribution in [0.25, 0.3) is 0 Å². The minimum absolute atomic E-state index is 0.0716. The van der Waals surface area contributed by atoms with E-state index in [1.165, 1.54) is 0 Å². The second-order valence-corrected chi connectivity index (χ2v) is 9.78. The van der Waals surface area contributed by atoms with Crippen LogP contribution in [0.2, 0.25) is 0 Å². The van der Waals surface area contributed by atoms with Crippen LogP contribution >= 0.6 is 0 Å². The normalized spacial score (nSPS) is 18.4. The van der Waals surface area contributed by atoms with E-state index in [1.54, 1.807) is 34.8 Å². The largest absolute Gasteiger partial charge is 0.353 e. The van der Waals surface area contributed by atoms with Crippen molar-refractivity contribution in [3.05, 3.63) is 54.2 Å². The number of carbonyl (C=O) groups excluding carboxylic acids is 1. The lowest BCUT2D eigenvalue weighted by atomic mass is 10.1. The third-order valence-electron chi connectivity index (χ3n) is 5.84. The summed E-state index contributed by atoms with van der Waals surface area (Å²) >= 11 is 0. The Hall–Kier alpha value is -2.45. The van der Waals surface area contributed by atoms with Gasteiger partial charge in [-0.2, -0.15) is 4.31 Å². The molecule has 1 amide bonds. The number of anilines is 1. The molecule has 2 aliphatic rings. The molecule has 2 saturated heterocycles. The van der Waals surface area contributed by atoms with Crippen LogP contribution in [0.1, 0.15) is 24.8 Å². The summed E-state index contributed by atoms with van der Waals surface area (Å²) in [7, 11) is -3.43. The van der Waals surface area contributed by atoms with Gasteiger partial charge >= 0.3 is 0 Å². The molecule has 0 bridgehead atoms. The number of benzene rings is 1. The summed E-state index contributed by atoms with van der Waals surface area (Å²) < 4.78 is 27.1. The van der Waals surface area contributed by atoms with Gasteiger partial charge in [-0.25, -0.2) is 13.4 Å². The van der Waals surface area contributed by atoms with Crippen molar-refractivity contribution in [1.29, 1.82) is 0 Å². The molecule has 30 heavy (non-hydrogen) atoms. The average molecular weight is 429 g/mol. The number of nitrogens with zero attached hydrogens (tertiary/aromatic N) is 4. The topological polar surface area (TPSA) is 73.8 Å². The summed E-state index contributed by atoms with van der Waals surface area (Å²) in [4.78, 5) is 21.4. The third-order valence-corrected chi connectivity index (χ3v) is 7.75. The van der Waals surface area contributed by atoms with Crippen LogP contribution < -0.4 is 4.90 Å². The number of hydrogen-bond acceptors (Lipinski definition) is 5. The first-order valence-corrected chi connectivity index (χ1v) is 12.0. The van der Waals surface area contributed by atoms with E-state index < -0.39 is 10.0 Å². The number of piperazine rings is 1. The lowest BCUT2D eigenvalue weighted by Crippen LogP contribution is -2.49. The summed E-state index contributed by atoms with van der Waals surface area (Å²) in [6.07, 6.45) is 4.98. The molecule has 0 aliphatic carbocycles. The van der Waals surface area contributed by atoms with Crippen molar-refractivity contribution in [2.75, 3.05) is 44.2 Å². The van der Waals surface area contributed by atoms with Crippen molar-refractivity contribution in [3.63, 3.8) is 0 Å². The minimum Gasteiger partial charge on any atom is -0.353 e.